The average molecular weight is 262 g/mol. The Kier molecular flexibility index (Phi) is 4.29. The molecule has 0 aromatic carbocycles. The Balaban J connectivity index is 2.69. The second kappa shape index (κ2) is 5.16. The van der Waals surface area contributed by atoms with Crippen LogP contribution in [0.3, 0.4) is 0 Å². The fourth-order valence-electron chi connectivity index (χ4n) is 1.47. The summed E-state index contributed by atoms with van der Waals surface area (Å²) in [7, 11) is -3.48. The van der Waals surface area contributed by atoms with Crippen LogP contribution in [0.25, 0.3) is 0 Å². The van der Waals surface area contributed by atoms with Gasteiger partial charge in [-0.25, -0.2) is 13.1 Å². The normalized spacial score (nSPS) is 12.9. The van der Waals surface area contributed by atoms with Gasteiger partial charge in [-0.15, -0.1) is 0 Å². The van der Waals surface area contributed by atoms with Crippen LogP contribution in [0, 0.1) is 6.92 Å². The minimum atomic E-state index is -3.48. The zero-order chi connectivity index (χ0) is 13.1. The van der Waals surface area contributed by atoms with Gasteiger partial charge in [0.05, 0.1) is 0 Å². The Morgan fingerprint density at radius 3 is 2.65 bits per heavy atom. The number of sulfonamides is 1. The Labute approximate surface area is 101 Å². The molecule has 0 aliphatic carbocycles. The van der Waals surface area contributed by atoms with E-state index in [4.69, 9.17) is 9.63 Å². The number of hydrogen-bond acceptors (Lipinski definition) is 5. The summed E-state index contributed by atoms with van der Waals surface area (Å²) in [6.45, 7) is 5.06. The van der Waals surface area contributed by atoms with Gasteiger partial charge < -0.3 is 9.63 Å². The molecule has 1 aromatic heterocycles. The van der Waals surface area contributed by atoms with Crippen LogP contribution in [0.5, 0.6) is 0 Å². The molecule has 0 radical (unpaired) electrons. The van der Waals surface area contributed by atoms with Gasteiger partial charge in [-0.1, -0.05) is 5.16 Å². The molecular formula is C10H18N2O4S. The largest absolute Gasteiger partial charge is 0.396 e. The predicted octanol–water partition coefficient (Wildman–Crippen LogP) is 0.563. The molecule has 0 saturated carbocycles. The van der Waals surface area contributed by atoms with E-state index in [1.165, 1.54) is 0 Å². The Hall–Kier alpha value is -0.920. The highest BCUT2D eigenvalue weighted by Crippen LogP contribution is 2.12. The van der Waals surface area contributed by atoms with Crippen molar-refractivity contribution in [1.82, 2.24) is 9.88 Å². The van der Waals surface area contributed by atoms with E-state index >= 15 is 0 Å². The fraction of sp³-hybridized carbons (Fsp3) is 0.700. The monoisotopic (exact) mass is 262 g/mol. The van der Waals surface area contributed by atoms with Gasteiger partial charge in [0, 0.05) is 18.2 Å². The molecule has 17 heavy (non-hydrogen) atoms. The van der Waals surface area contributed by atoms with Crippen molar-refractivity contribution >= 4 is 10.0 Å². The van der Waals surface area contributed by atoms with Crippen molar-refractivity contribution in [2.24, 2.45) is 0 Å². The number of aromatic nitrogens is 1. The molecule has 0 spiro atoms. The first kappa shape index (κ1) is 14.1. The summed E-state index contributed by atoms with van der Waals surface area (Å²) < 4.78 is 31.0. The maximum atomic E-state index is 11.8. The van der Waals surface area contributed by atoms with Crippen LogP contribution in [0.2, 0.25) is 0 Å². The van der Waals surface area contributed by atoms with E-state index in [1.807, 2.05) is 0 Å². The third-order valence-corrected chi connectivity index (χ3v) is 3.72. The van der Waals surface area contributed by atoms with Crippen LogP contribution in [-0.4, -0.2) is 30.8 Å². The zero-order valence-corrected chi connectivity index (χ0v) is 11.0. The third-order valence-electron chi connectivity index (χ3n) is 2.18. The molecule has 0 saturated heterocycles. The van der Waals surface area contributed by atoms with E-state index in [0.29, 0.717) is 17.9 Å². The molecule has 98 valence electrons. The quantitative estimate of drug-likeness (QED) is 0.781. The first-order valence-electron chi connectivity index (χ1n) is 5.29. The minimum absolute atomic E-state index is 0.0708. The highest BCUT2D eigenvalue weighted by molar-refractivity contribution is 7.88. The highest BCUT2D eigenvalue weighted by atomic mass is 32.2. The number of hydrogen-bond donors (Lipinski definition) is 2. The topological polar surface area (TPSA) is 92.4 Å². The van der Waals surface area contributed by atoms with Crippen molar-refractivity contribution in [3.05, 3.63) is 17.5 Å². The van der Waals surface area contributed by atoms with Crippen LogP contribution in [0.1, 0.15) is 31.7 Å². The molecule has 2 N–H and O–H groups in total. The Morgan fingerprint density at radius 2 is 2.18 bits per heavy atom. The standard InChI is InChI=1S/C10H18N2O4S/c1-8-6-9(11-16-8)7-17(14,15)12-10(2,3)4-5-13/h6,12-13H,4-5,7H2,1-3H3. The molecular weight excluding hydrogens is 244 g/mol. The van der Waals surface area contributed by atoms with Crippen molar-refractivity contribution < 1.29 is 18.0 Å². The lowest BCUT2D eigenvalue weighted by atomic mass is 10.0. The van der Waals surface area contributed by atoms with Gasteiger partial charge in [0.25, 0.3) is 0 Å². The molecule has 1 aromatic rings. The maximum Gasteiger partial charge on any atom is 0.217 e. The second-order valence-corrected chi connectivity index (χ2v) is 6.37. The van der Waals surface area contributed by atoms with Crippen LogP contribution >= 0.6 is 0 Å². The molecule has 1 rings (SSSR count). The van der Waals surface area contributed by atoms with Gasteiger partial charge in [0.15, 0.2) is 0 Å². The first-order valence-corrected chi connectivity index (χ1v) is 6.94. The molecule has 0 amide bonds. The predicted molar refractivity (Wildman–Crippen MR) is 62.8 cm³/mol. The summed E-state index contributed by atoms with van der Waals surface area (Å²) in [5, 5.41) is 12.5. The second-order valence-electron chi connectivity index (χ2n) is 4.65. The summed E-state index contributed by atoms with van der Waals surface area (Å²) in [5.41, 5.74) is -0.304. The lowest BCUT2D eigenvalue weighted by Crippen LogP contribution is -2.44. The number of aliphatic hydroxyl groups excluding tert-OH is 1. The van der Waals surface area contributed by atoms with Gasteiger partial charge in [-0.05, 0) is 27.2 Å². The van der Waals surface area contributed by atoms with E-state index in [2.05, 4.69) is 9.88 Å². The van der Waals surface area contributed by atoms with Crippen molar-refractivity contribution in [3.8, 4) is 0 Å². The lowest BCUT2D eigenvalue weighted by Gasteiger charge is -2.24. The van der Waals surface area contributed by atoms with E-state index < -0.39 is 15.6 Å². The number of rotatable bonds is 6. The molecule has 0 aliphatic rings. The van der Waals surface area contributed by atoms with Gasteiger partial charge >= 0.3 is 0 Å². The molecule has 0 atom stereocenters. The van der Waals surface area contributed by atoms with E-state index in [-0.39, 0.29) is 12.4 Å². The van der Waals surface area contributed by atoms with E-state index in [1.54, 1.807) is 26.8 Å². The summed E-state index contributed by atoms with van der Waals surface area (Å²) >= 11 is 0. The first-order chi connectivity index (χ1) is 7.74. The summed E-state index contributed by atoms with van der Waals surface area (Å²) in [5.74, 6) is 0.351. The summed E-state index contributed by atoms with van der Waals surface area (Å²) in [6.07, 6.45) is 0.351. The SMILES string of the molecule is Cc1cc(CS(=O)(=O)NC(C)(C)CCO)no1. The molecule has 0 fully saturated rings. The number of aliphatic hydroxyl groups is 1. The summed E-state index contributed by atoms with van der Waals surface area (Å²) in [6, 6.07) is 1.58. The minimum Gasteiger partial charge on any atom is -0.396 e. The lowest BCUT2D eigenvalue weighted by molar-refractivity contribution is 0.245. The van der Waals surface area contributed by atoms with Crippen LogP contribution < -0.4 is 4.72 Å². The molecule has 1 heterocycles. The van der Waals surface area contributed by atoms with Crippen LogP contribution in [-0.2, 0) is 15.8 Å². The van der Waals surface area contributed by atoms with Crippen molar-refractivity contribution in [1.29, 1.82) is 0 Å². The van der Waals surface area contributed by atoms with Crippen molar-refractivity contribution in [2.75, 3.05) is 6.61 Å². The highest BCUT2D eigenvalue weighted by Gasteiger charge is 2.25. The van der Waals surface area contributed by atoms with Gasteiger partial charge in [0.2, 0.25) is 10.0 Å². The summed E-state index contributed by atoms with van der Waals surface area (Å²) in [4.78, 5) is 0. The van der Waals surface area contributed by atoms with Crippen LogP contribution in [0.15, 0.2) is 10.6 Å². The maximum absolute atomic E-state index is 11.8. The van der Waals surface area contributed by atoms with Gasteiger partial charge in [-0.2, -0.15) is 0 Å². The Morgan fingerprint density at radius 1 is 1.53 bits per heavy atom. The average Bonchev–Trinajstić information content (AvgIpc) is 2.47. The molecule has 0 bridgehead atoms. The zero-order valence-electron chi connectivity index (χ0n) is 10.2. The number of nitrogens with zero attached hydrogens (tertiary/aromatic N) is 1. The molecule has 0 unspecified atom stereocenters. The van der Waals surface area contributed by atoms with Gasteiger partial charge in [-0.3, -0.25) is 0 Å². The Bertz CT molecular complexity index is 464. The third kappa shape index (κ3) is 4.84. The van der Waals surface area contributed by atoms with Crippen molar-refractivity contribution in [2.45, 2.75) is 38.5 Å². The van der Waals surface area contributed by atoms with Gasteiger partial charge in [0.1, 0.15) is 17.2 Å². The molecule has 7 heteroatoms. The van der Waals surface area contributed by atoms with Crippen molar-refractivity contribution in [3.63, 3.8) is 0 Å². The number of nitrogens with one attached hydrogen (secondary N) is 1. The van der Waals surface area contributed by atoms with Crippen LogP contribution in [0.4, 0.5) is 0 Å². The smallest absolute Gasteiger partial charge is 0.217 e. The van der Waals surface area contributed by atoms with E-state index in [9.17, 15) is 8.42 Å². The fourth-order valence-corrected chi connectivity index (χ4v) is 3.01. The van der Waals surface area contributed by atoms with E-state index in [0.717, 1.165) is 0 Å². The number of aryl methyl sites for hydroxylation is 1. The molecule has 6 nitrogen and oxygen atoms in total. The molecule has 0 aliphatic heterocycles.